The molecule has 0 aromatic carbocycles. The first-order chi connectivity index (χ1) is 7.26. The molecule has 0 aliphatic carbocycles. The lowest BCUT2D eigenvalue weighted by atomic mass is 9.82. The van der Waals surface area contributed by atoms with Crippen LogP contribution in [-0.2, 0) is 4.74 Å². The van der Waals surface area contributed by atoms with E-state index in [9.17, 15) is 0 Å². The van der Waals surface area contributed by atoms with Crippen molar-refractivity contribution in [3.63, 3.8) is 0 Å². The molecule has 0 radical (unpaired) electrons. The topological polar surface area (TPSA) is 47.3 Å². The van der Waals surface area contributed by atoms with Gasteiger partial charge in [-0.15, -0.1) is 0 Å². The Morgan fingerprint density at radius 3 is 2.60 bits per heavy atom. The van der Waals surface area contributed by atoms with E-state index in [-0.39, 0.29) is 0 Å². The highest BCUT2D eigenvalue weighted by molar-refractivity contribution is 4.80. The van der Waals surface area contributed by atoms with Gasteiger partial charge in [-0.2, -0.15) is 0 Å². The lowest BCUT2D eigenvalue weighted by molar-refractivity contribution is 0.183. The van der Waals surface area contributed by atoms with Crippen molar-refractivity contribution in [2.24, 2.45) is 17.1 Å². The van der Waals surface area contributed by atoms with Gasteiger partial charge in [-0.1, -0.05) is 13.8 Å². The maximum absolute atomic E-state index is 5.86. The zero-order chi connectivity index (χ0) is 11.1. The highest BCUT2D eigenvalue weighted by Crippen LogP contribution is 2.23. The summed E-state index contributed by atoms with van der Waals surface area (Å²) in [5.41, 5.74) is 6.16. The fourth-order valence-electron chi connectivity index (χ4n) is 2.15. The molecule has 1 aliphatic heterocycles. The fourth-order valence-corrected chi connectivity index (χ4v) is 2.15. The van der Waals surface area contributed by atoms with Gasteiger partial charge in [0.25, 0.3) is 0 Å². The maximum Gasteiger partial charge on any atom is 0.0507 e. The van der Waals surface area contributed by atoms with Crippen molar-refractivity contribution in [1.29, 1.82) is 0 Å². The van der Waals surface area contributed by atoms with Crippen molar-refractivity contribution in [2.75, 3.05) is 32.8 Å². The number of rotatable bonds is 7. The van der Waals surface area contributed by atoms with Crippen molar-refractivity contribution in [3.05, 3.63) is 0 Å². The summed E-state index contributed by atoms with van der Waals surface area (Å²) in [6.07, 6.45) is 3.53. The number of hydrogen-bond donors (Lipinski definition) is 2. The van der Waals surface area contributed by atoms with E-state index in [1.807, 2.05) is 0 Å². The lowest BCUT2D eigenvalue weighted by Crippen LogP contribution is -2.41. The van der Waals surface area contributed by atoms with Gasteiger partial charge >= 0.3 is 0 Å². The molecule has 0 saturated carbocycles. The Bertz CT molecular complexity index is 155. The fraction of sp³-hybridized carbons (Fsp3) is 1.00. The van der Waals surface area contributed by atoms with Crippen LogP contribution in [0.5, 0.6) is 0 Å². The summed E-state index contributed by atoms with van der Waals surface area (Å²) >= 11 is 0. The Morgan fingerprint density at radius 1 is 1.40 bits per heavy atom. The molecule has 3 nitrogen and oxygen atoms in total. The molecule has 1 aliphatic rings. The van der Waals surface area contributed by atoms with Crippen LogP contribution >= 0.6 is 0 Å². The summed E-state index contributed by atoms with van der Waals surface area (Å²) in [6, 6.07) is 0. The molecule has 0 aromatic heterocycles. The third kappa shape index (κ3) is 3.74. The van der Waals surface area contributed by atoms with E-state index in [0.717, 1.165) is 45.7 Å². The number of nitrogens with two attached hydrogens (primary N) is 1. The molecule has 0 amide bonds. The number of ether oxygens (including phenoxy) is 1. The Hall–Kier alpha value is -0.120. The van der Waals surface area contributed by atoms with Crippen LogP contribution in [0.4, 0.5) is 0 Å². The van der Waals surface area contributed by atoms with Gasteiger partial charge < -0.3 is 15.8 Å². The third-order valence-corrected chi connectivity index (χ3v) is 3.89. The number of hydrogen-bond acceptors (Lipinski definition) is 3. The SMILES string of the molecule is CCC(CC)(CN)CNCC1CCOC1. The lowest BCUT2D eigenvalue weighted by Gasteiger charge is -2.30. The monoisotopic (exact) mass is 214 g/mol. The molecular weight excluding hydrogens is 188 g/mol. The van der Waals surface area contributed by atoms with Gasteiger partial charge in [-0.05, 0) is 37.1 Å². The molecule has 0 spiro atoms. The Labute approximate surface area is 93.8 Å². The average Bonchev–Trinajstić information content (AvgIpc) is 2.78. The van der Waals surface area contributed by atoms with Crippen LogP contribution in [-0.4, -0.2) is 32.8 Å². The van der Waals surface area contributed by atoms with Crippen LogP contribution in [0.3, 0.4) is 0 Å². The zero-order valence-corrected chi connectivity index (χ0v) is 10.2. The predicted molar refractivity (Wildman–Crippen MR) is 63.9 cm³/mol. The van der Waals surface area contributed by atoms with Gasteiger partial charge in [0.15, 0.2) is 0 Å². The maximum atomic E-state index is 5.86. The molecule has 0 aromatic rings. The molecule has 1 fully saturated rings. The summed E-state index contributed by atoms with van der Waals surface area (Å²) in [5, 5.41) is 3.56. The van der Waals surface area contributed by atoms with E-state index in [1.54, 1.807) is 0 Å². The van der Waals surface area contributed by atoms with Crippen LogP contribution < -0.4 is 11.1 Å². The highest BCUT2D eigenvalue weighted by atomic mass is 16.5. The largest absolute Gasteiger partial charge is 0.381 e. The van der Waals surface area contributed by atoms with Crippen LogP contribution in [0.2, 0.25) is 0 Å². The van der Waals surface area contributed by atoms with E-state index in [4.69, 9.17) is 10.5 Å². The molecule has 1 unspecified atom stereocenters. The normalized spacial score (nSPS) is 22.2. The summed E-state index contributed by atoms with van der Waals surface area (Å²) in [5.74, 6) is 0.717. The minimum atomic E-state index is 0.305. The molecule has 15 heavy (non-hydrogen) atoms. The summed E-state index contributed by atoms with van der Waals surface area (Å²) in [4.78, 5) is 0. The smallest absolute Gasteiger partial charge is 0.0507 e. The standard InChI is InChI=1S/C12H26N2O/c1-3-12(4-2,9-13)10-14-7-11-5-6-15-8-11/h11,14H,3-10,13H2,1-2H3. The first-order valence-electron chi connectivity index (χ1n) is 6.25. The van der Waals surface area contributed by atoms with Gasteiger partial charge in [0.05, 0.1) is 6.61 Å². The molecule has 1 heterocycles. The minimum absolute atomic E-state index is 0.305. The Kier molecular flexibility index (Phi) is 5.58. The van der Waals surface area contributed by atoms with Crippen molar-refractivity contribution in [3.8, 4) is 0 Å². The molecule has 1 atom stereocenters. The number of nitrogens with one attached hydrogen (secondary N) is 1. The highest BCUT2D eigenvalue weighted by Gasteiger charge is 2.24. The molecule has 1 saturated heterocycles. The van der Waals surface area contributed by atoms with Gasteiger partial charge in [0.1, 0.15) is 0 Å². The van der Waals surface area contributed by atoms with Crippen LogP contribution in [0.1, 0.15) is 33.1 Å². The average molecular weight is 214 g/mol. The second-order valence-electron chi connectivity index (χ2n) is 4.77. The zero-order valence-electron chi connectivity index (χ0n) is 10.2. The first-order valence-corrected chi connectivity index (χ1v) is 6.25. The summed E-state index contributed by atoms with van der Waals surface area (Å²) < 4.78 is 5.35. The molecule has 3 heteroatoms. The van der Waals surface area contributed by atoms with Crippen molar-refractivity contribution in [2.45, 2.75) is 33.1 Å². The van der Waals surface area contributed by atoms with Crippen molar-refractivity contribution in [1.82, 2.24) is 5.32 Å². The van der Waals surface area contributed by atoms with Gasteiger partial charge in [0.2, 0.25) is 0 Å². The summed E-state index contributed by atoms with van der Waals surface area (Å²) in [7, 11) is 0. The minimum Gasteiger partial charge on any atom is -0.381 e. The van der Waals surface area contributed by atoms with E-state index >= 15 is 0 Å². The van der Waals surface area contributed by atoms with E-state index in [0.29, 0.717) is 11.3 Å². The van der Waals surface area contributed by atoms with Crippen LogP contribution in [0, 0.1) is 11.3 Å². The van der Waals surface area contributed by atoms with Crippen molar-refractivity contribution >= 4 is 0 Å². The van der Waals surface area contributed by atoms with Gasteiger partial charge in [0, 0.05) is 19.7 Å². The first kappa shape index (κ1) is 12.9. The van der Waals surface area contributed by atoms with Crippen LogP contribution in [0.15, 0.2) is 0 Å². The van der Waals surface area contributed by atoms with E-state index in [1.165, 1.54) is 6.42 Å². The summed E-state index contributed by atoms with van der Waals surface area (Å²) in [6.45, 7) is 9.26. The van der Waals surface area contributed by atoms with Crippen molar-refractivity contribution < 1.29 is 4.74 Å². The van der Waals surface area contributed by atoms with E-state index in [2.05, 4.69) is 19.2 Å². The van der Waals surface area contributed by atoms with E-state index < -0.39 is 0 Å². The van der Waals surface area contributed by atoms with Gasteiger partial charge in [-0.3, -0.25) is 0 Å². The predicted octanol–water partition coefficient (Wildman–Crippen LogP) is 1.38. The molecule has 90 valence electrons. The second-order valence-corrected chi connectivity index (χ2v) is 4.77. The second kappa shape index (κ2) is 6.46. The molecule has 0 bridgehead atoms. The third-order valence-electron chi connectivity index (χ3n) is 3.89. The molecule has 3 N–H and O–H groups in total. The molecule has 1 rings (SSSR count). The Balaban J connectivity index is 2.21. The van der Waals surface area contributed by atoms with Gasteiger partial charge in [-0.25, -0.2) is 0 Å². The Morgan fingerprint density at radius 2 is 2.13 bits per heavy atom. The quantitative estimate of drug-likeness (QED) is 0.673. The molecular formula is C12H26N2O. The van der Waals surface area contributed by atoms with Crippen LogP contribution in [0.25, 0.3) is 0 Å².